The molecule has 0 N–H and O–H groups in total. The Morgan fingerprint density at radius 2 is 1.50 bits per heavy atom. The molecule has 0 atom stereocenters. The smallest absolute Gasteiger partial charge is 0.0101 e. The summed E-state index contributed by atoms with van der Waals surface area (Å²) in [6.07, 6.45) is 3.46. The van der Waals surface area contributed by atoms with Gasteiger partial charge in [0.05, 0.1) is 0 Å². The lowest BCUT2D eigenvalue weighted by atomic mass is 10.4. The van der Waals surface area contributed by atoms with Gasteiger partial charge in [-0.05, 0) is 12.2 Å². The zero-order chi connectivity index (χ0) is 6.83. The lowest BCUT2D eigenvalue weighted by Crippen LogP contribution is -1.56. The molecule has 0 aromatic heterocycles. The fourth-order valence-corrected chi connectivity index (χ4v) is 0. The van der Waals surface area contributed by atoms with E-state index in [0.717, 1.165) is 12.2 Å². The van der Waals surface area contributed by atoms with Crippen LogP contribution < -0.4 is 0 Å². The highest BCUT2D eigenvalue weighted by molar-refractivity contribution is 7.80. The number of rotatable bonds is 2. The van der Waals surface area contributed by atoms with Gasteiger partial charge in [-0.1, -0.05) is 33.6 Å². The van der Waals surface area contributed by atoms with Gasteiger partial charge in [0.2, 0.25) is 0 Å². The average Bonchev–Trinajstić information content (AvgIpc) is 1.88. The summed E-state index contributed by atoms with van der Waals surface area (Å²) >= 11 is 3.92. The Bertz CT molecular complexity index is 12.3. The summed E-state index contributed by atoms with van der Waals surface area (Å²) in [6.45, 7) is 7.83. The van der Waals surface area contributed by atoms with Crippen LogP contribution >= 0.6 is 12.6 Å². The third kappa shape index (κ3) is 32.9. The van der Waals surface area contributed by atoms with Crippen LogP contribution in [0.15, 0.2) is 0 Å². The first-order valence-corrected chi connectivity index (χ1v) is 3.86. The number of unbranched alkanes of at least 4 members (excludes halogenated alkanes) is 1. The van der Waals surface area contributed by atoms with Crippen molar-refractivity contribution < 1.29 is 0 Å². The Morgan fingerprint density at radius 1 is 1.25 bits per heavy atom. The highest BCUT2D eigenvalue weighted by Gasteiger charge is 1.57. The van der Waals surface area contributed by atoms with E-state index in [1.54, 1.807) is 0 Å². The maximum atomic E-state index is 3.92. The summed E-state index contributed by atoms with van der Waals surface area (Å²) in [4.78, 5) is 0. The van der Waals surface area contributed by atoms with Crippen LogP contribution in [0.1, 0.15) is 33.1 Å². The van der Waals surface area contributed by atoms with Gasteiger partial charge in [-0.2, -0.15) is 12.6 Å². The zero-order valence-electron chi connectivity index (χ0n) is 5.98. The lowest BCUT2D eigenvalue weighted by molar-refractivity contribution is 0.956. The van der Waals surface area contributed by atoms with E-state index in [2.05, 4.69) is 33.4 Å². The molecule has 0 aliphatic rings. The molecule has 0 saturated heterocycles. The number of hydrogen-bond donors (Lipinski definition) is 1. The minimum atomic E-state index is 1.01. The van der Waals surface area contributed by atoms with Gasteiger partial charge in [0, 0.05) is 0 Å². The van der Waals surface area contributed by atoms with E-state index in [4.69, 9.17) is 0 Å². The first kappa shape index (κ1) is 11.2. The normalized spacial score (nSPS) is 7.50. The first-order valence-electron chi connectivity index (χ1n) is 3.23. The van der Waals surface area contributed by atoms with Crippen LogP contribution in [0.4, 0.5) is 0 Å². The van der Waals surface area contributed by atoms with Gasteiger partial charge in [0.25, 0.3) is 0 Å². The summed E-state index contributed by atoms with van der Waals surface area (Å²) in [7, 11) is 0. The fourth-order valence-electron chi connectivity index (χ4n) is 0. The molecule has 51 valence electrons. The minimum Gasteiger partial charge on any atom is -0.179 e. The van der Waals surface area contributed by atoms with E-state index in [0.29, 0.717) is 0 Å². The first-order chi connectivity index (χ1) is 3.83. The molecule has 0 aliphatic heterocycles. The van der Waals surface area contributed by atoms with Gasteiger partial charge in [-0.3, -0.25) is 0 Å². The van der Waals surface area contributed by atoms with Crippen molar-refractivity contribution in [2.24, 2.45) is 0 Å². The molecule has 8 heavy (non-hydrogen) atoms. The van der Waals surface area contributed by atoms with E-state index in [1.807, 2.05) is 0 Å². The summed E-state index contributed by atoms with van der Waals surface area (Å²) < 4.78 is 0. The highest BCUT2D eigenvalue weighted by atomic mass is 32.1. The fraction of sp³-hybridized carbons (Fsp3) is 0.857. The monoisotopic (exact) mass is 133 g/mol. The van der Waals surface area contributed by atoms with Crippen molar-refractivity contribution in [1.82, 2.24) is 0 Å². The van der Waals surface area contributed by atoms with Crippen LogP contribution in [0.5, 0.6) is 0 Å². The predicted molar refractivity (Wildman–Crippen MR) is 44.4 cm³/mol. The molecular formula is C7H17S. The van der Waals surface area contributed by atoms with E-state index in [1.165, 1.54) is 12.8 Å². The largest absolute Gasteiger partial charge is 0.179 e. The van der Waals surface area contributed by atoms with Gasteiger partial charge in [-0.15, -0.1) is 0 Å². The molecule has 0 nitrogen and oxygen atoms in total. The Labute approximate surface area is 59.1 Å². The van der Waals surface area contributed by atoms with Crippen molar-refractivity contribution in [3.05, 3.63) is 6.92 Å². The second kappa shape index (κ2) is 15.7. The van der Waals surface area contributed by atoms with Gasteiger partial charge in [0.1, 0.15) is 0 Å². The highest BCUT2D eigenvalue weighted by Crippen LogP contribution is 1.76. The predicted octanol–water partition coefficient (Wildman–Crippen LogP) is 2.95. The van der Waals surface area contributed by atoms with Crippen molar-refractivity contribution in [3.8, 4) is 0 Å². The van der Waals surface area contributed by atoms with Gasteiger partial charge in [0.15, 0.2) is 0 Å². The summed E-state index contributed by atoms with van der Waals surface area (Å²) in [5.74, 6) is 1.01. The van der Waals surface area contributed by atoms with Crippen LogP contribution in [0.3, 0.4) is 0 Å². The SMILES string of the molecule is CCCS.[CH2]CCC. The van der Waals surface area contributed by atoms with Crippen LogP contribution in [-0.2, 0) is 0 Å². The Kier molecular flexibility index (Phi) is 21.9. The second-order valence-corrected chi connectivity index (χ2v) is 2.02. The molecule has 0 fully saturated rings. The molecule has 0 bridgehead atoms. The summed E-state index contributed by atoms with van der Waals surface area (Å²) in [5, 5.41) is 0. The minimum absolute atomic E-state index is 1.01. The standard InChI is InChI=1S/C4H9.C3H8S/c1-3-4-2;1-2-3-4/h1,3-4H2,2H3;4H,2-3H2,1H3. The Morgan fingerprint density at radius 3 is 1.50 bits per heavy atom. The average molecular weight is 133 g/mol. The Balaban J connectivity index is 0. The molecule has 0 unspecified atom stereocenters. The molecule has 0 aromatic rings. The quantitative estimate of drug-likeness (QED) is 0.550. The Hall–Kier alpha value is 0.350. The maximum absolute atomic E-state index is 3.92. The number of thiol groups is 1. The molecule has 0 amide bonds. The van der Waals surface area contributed by atoms with E-state index < -0.39 is 0 Å². The van der Waals surface area contributed by atoms with Gasteiger partial charge < -0.3 is 0 Å². The van der Waals surface area contributed by atoms with Crippen LogP contribution in [0.2, 0.25) is 0 Å². The molecule has 1 radical (unpaired) electrons. The third-order valence-corrected chi connectivity index (χ3v) is 1.02. The van der Waals surface area contributed by atoms with Gasteiger partial charge in [-0.25, -0.2) is 0 Å². The van der Waals surface area contributed by atoms with Crippen molar-refractivity contribution in [2.75, 3.05) is 5.75 Å². The molecular weight excluding hydrogens is 116 g/mol. The molecule has 0 saturated carbocycles. The van der Waals surface area contributed by atoms with Crippen molar-refractivity contribution in [3.63, 3.8) is 0 Å². The maximum Gasteiger partial charge on any atom is -0.0101 e. The van der Waals surface area contributed by atoms with Crippen LogP contribution in [0.25, 0.3) is 0 Å². The lowest BCUT2D eigenvalue weighted by Gasteiger charge is -1.67. The van der Waals surface area contributed by atoms with Gasteiger partial charge >= 0.3 is 0 Å². The molecule has 0 aromatic carbocycles. The van der Waals surface area contributed by atoms with Crippen molar-refractivity contribution in [2.45, 2.75) is 33.1 Å². The third-order valence-electron chi connectivity index (χ3n) is 0.577. The summed E-state index contributed by atoms with van der Waals surface area (Å²) in [5.41, 5.74) is 0. The zero-order valence-corrected chi connectivity index (χ0v) is 6.88. The molecule has 1 heteroatoms. The van der Waals surface area contributed by atoms with Crippen molar-refractivity contribution in [1.29, 1.82) is 0 Å². The molecule has 0 heterocycles. The molecule has 0 rings (SSSR count). The van der Waals surface area contributed by atoms with E-state index in [9.17, 15) is 0 Å². The molecule has 0 aliphatic carbocycles. The topological polar surface area (TPSA) is 0 Å². The molecule has 0 spiro atoms. The van der Waals surface area contributed by atoms with Crippen LogP contribution in [-0.4, -0.2) is 5.75 Å². The van der Waals surface area contributed by atoms with E-state index >= 15 is 0 Å². The number of hydrogen-bond acceptors (Lipinski definition) is 1. The van der Waals surface area contributed by atoms with E-state index in [-0.39, 0.29) is 0 Å². The summed E-state index contributed by atoms with van der Waals surface area (Å²) in [6, 6.07) is 0. The second-order valence-electron chi connectivity index (χ2n) is 1.58. The van der Waals surface area contributed by atoms with Crippen LogP contribution in [0, 0.1) is 6.92 Å². The van der Waals surface area contributed by atoms with Crippen molar-refractivity contribution >= 4 is 12.6 Å².